The van der Waals surface area contributed by atoms with Crippen LogP contribution in [0.4, 0.5) is 24.0 Å². The van der Waals surface area contributed by atoms with Crippen molar-refractivity contribution in [2.24, 2.45) is 5.10 Å². The summed E-state index contributed by atoms with van der Waals surface area (Å²) in [6, 6.07) is 7.77. The van der Waals surface area contributed by atoms with Crippen molar-refractivity contribution in [3.63, 3.8) is 0 Å². The van der Waals surface area contributed by atoms with Crippen molar-refractivity contribution >= 4 is 56.2 Å². The normalized spacial score (nSPS) is 11.4. The van der Waals surface area contributed by atoms with Crippen LogP contribution in [-0.4, -0.2) is 41.9 Å². The van der Waals surface area contributed by atoms with Gasteiger partial charge in [-0.05, 0) is 46.3 Å². The van der Waals surface area contributed by atoms with Gasteiger partial charge >= 0.3 is 12.1 Å². The summed E-state index contributed by atoms with van der Waals surface area (Å²) in [6.07, 6.45) is -3.21. The topological polar surface area (TPSA) is 122 Å². The number of halogens is 4. The van der Waals surface area contributed by atoms with E-state index < -0.39 is 30.2 Å². The molecule has 0 spiro atoms. The molecule has 0 saturated carbocycles. The summed E-state index contributed by atoms with van der Waals surface area (Å²) < 4.78 is 49.5. The lowest BCUT2D eigenvalue weighted by Gasteiger charge is -2.11. The molecule has 2 aromatic carbocycles. The van der Waals surface area contributed by atoms with Crippen LogP contribution in [0.3, 0.4) is 0 Å². The molecule has 1 aromatic heterocycles. The van der Waals surface area contributed by atoms with E-state index in [2.05, 4.69) is 36.8 Å². The summed E-state index contributed by atoms with van der Waals surface area (Å²) >= 11 is 4.46. The second-order valence-corrected chi connectivity index (χ2v) is 8.74. The molecule has 3 rings (SSSR count). The number of ether oxygens (including phenoxy) is 2. The van der Waals surface area contributed by atoms with Crippen LogP contribution >= 0.6 is 27.3 Å². The average molecular weight is 587 g/mol. The Kier molecular flexibility index (Phi) is 8.88. The third-order valence-corrected chi connectivity index (χ3v) is 5.85. The molecule has 9 nitrogen and oxygen atoms in total. The largest absolute Gasteiger partial charge is 0.493 e. The fraction of sp³-hybridized carbons (Fsp3) is 0.182. The fourth-order valence-corrected chi connectivity index (χ4v) is 3.94. The van der Waals surface area contributed by atoms with Gasteiger partial charge in [0.05, 0.1) is 31.0 Å². The molecule has 0 fully saturated rings. The smallest absolute Gasteiger partial charge is 0.416 e. The number of rotatable bonds is 10. The molecule has 0 saturated heterocycles. The molecule has 3 aromatic rings. The van der Waals surface area contributed by atoms with Crippen LogP contribution < -0.4 is 20.2 Å². The molecular weight excluding hydrogens is 569 g/mol. The Morgan fingerprint density at radius 1 is 1.25 bits per heavy atom. The molecule has 36 heavy (non-hydrogen) atoms. The van der Waals surface area contributed by atoms with Crippen LogP contribution in [0.2, 0.25) is 0 Å². The highest BCUT2D eigenvalue weighted by Gasteiger charge is 2.30. The molecule has 0 bridgehead atoms. The van der Waals surface area contributed by atoms with Crippen molar-refractivity contribution in [3.05, 3.63) is 63.1 Å². The summed E-state index contributed by atoms with van der Waals surface area (Å²) in [4.78, 5) is 27.1. The van der Waals surface area contributed by atoms with Crippen molar-refractivity contribution < 1.29 is 37.3 Å². The number of hydrogen-bond acceptors (Lipinski definition) is 8. The molecule has 1 amide bonds. The highest BCUT2D eigenvalue weighted by molar-refractivity contribution is 9.10. The number of hydrazone groups is 1. The molecule has 0 aliphatic heterocycles. The van der Waals surface area contributed by atoms with Gasteiger partial charge in [0.15, 0.2) is 23.2 Å². The van der Waals surface area contributed by atoms with E-state index >= 15 is 0 Å². The fourth-order valence-electron chi connectivity index (χ4n) is 2.78. The van der Waals surface area contributed by atoms with Crippen molar-refractivity contribution in [2.75, 3.05) is 19.0 Å². The van der Waals surface area contributed by atoms with E-state index in [1.54, 1.807) is 11.4 Å². The highest BCUT2D eigenvalue weighted by Crippen LogP contribution is 2.33. The SMILES string of the molecule is COc1cc(/C=N\NC(=O)Cc2csc(Nc3cccc(C(F)(F)F)c3)n2)c(Br)cc1OCC(=O)O. The predicted molar refractivity (Wildman–Crippen MR) is 130 cm³/mol. The van der Waals surface area contributed by atoms with Crippen molar-refractivity contribution in [2.45, 2.75) is 12.6 Å². The number of amides is 1. The van der Waals surface area contributed by atoms with Gasteiger partial charge in [0, 0.05) is 21.1 Å². The third-order valence-electron chi connectivity index (χ3n) is 4.36. The minimum atomic E-state index is -4.46. The summed E-state index contributed by atoms with van der Waals surface area (Å²) in [5, 5.41) is 17.4. The first kappa shape index (κ1) is 26.9. The number of aliphatic carboxylic acids is 1. The van der Waals surface area contributed by atoms with Gasteiger partial charge < -0.3 is 19.9 Å². The molecular formula is C22H18BrF3N4O5S. The summed E-state index contributed by atoms with van der Waals surface area (Å²) in [5.74, 6) is -1.12. The Labute approximate surface area is 215 Å². The van der Waals surface area contributed by atoms with Gasteiger partial charge in [-0.3, -0.25) is 4.79 Å². The number of nitrogens with one attached hydrogen (secondary N) is 2. The zero-order chi connectivity index (χ0) is 26.3. The monoisotopic (exact) mass is 586 g/mol. The zero-order valence-electron chi connectivity index (χ0n) is 18.4. The molecule has 0 atom stereocenters. The number of nitrogens with zero attached hydrogens (tertiary/aromatic N) is 2. The number of carbonyl (C=O) groups is 2. The maximum Gasteiger partial charge on any atom is 0.416 e. The second-order valence-electron chi connectivity index (χ2n) is 7.02. The maximum atomic E-state index is 12.9. The molecule has 3 N–H and O–H groups in total. The average Bonchev–Trinajstić information content (AvgIpc) is 3.24. The summed E-state index contributed by atoms with van der Waals surface area (Å²) in [6.45, 7) is -0.542. The molecule has 190 valence electrons. The Morgan fingerprint density at radius 2 is 2.03 bits per heavy atom. The number of alkyl halides is 3. The second kappa shape index (κ2) is 11.9. The number of thiazole rings is 1. The quantitative estimate of drug-likeness (QED) is 0.230. The van der Waals surface area contributed by atoms with E-state index in [9.17, 15) is 22.8 Å². The van der Waals surface area contributed by atoms with E-state index in [1.807, 2.05) is 0 Å². The van der Waals surface area contributed by atoms with Crippen LogP contribution in [-0.2, 0) is 22.2 Å². The lowest BCUT2D eigenvalue weighted by molar-refractivity contribution is -0.139. The first-order valence-corrected chi connectivity index (χ1v) is 11.6. The van der Waals surface area contributed by atoms with Crippen LogP contribution in [0.25, 0.3) is 0 Å². The maximum absolute atomic E-state index is 12.9. The van der Waals surface area contributed by atoms with Gasteiger partial charge in [0.25, 0.3) is 0 Å². The van der Waals surface area contributed by atoms with Gasteiger partial charge in [0.2, 0.25) is 5.91 Å². The van der Waals surface area contributed by atoms with Crippen molar-refractivity contribution in [3.8, 4) is 11.5 Å². The van der Waals surface area contributed by atoms with Crippen molar-refractivity contribution in [1.29, 1.82) is 0 Å². The number of carbonyl (C=O) groups excluding carboxylic acids is 1. The van der Waals surface area contributed by atoms with E-state index in [0.717, 1.165) is 23.5 Å². The zero-order valence-corrected chi connectivity index (χ0v) is 20.8. The predicted octanol–water partition coefficient (Wildman–Crippen LogP) is 4.83. The molecule has 1 heterocycles. The molecule has 0 unspecified atom stereocenters. The van der Waals surface area contributed by atoms with Gasteiger partial charge in [-0.1, -0.05) is 6.07 Å². The third kappa shape index (κ3) is 7.68. The minimum Gasteiger partial charge on any atom is -0.493 e. The molecule has 14 heteroatoms. The lowest BCUT2D eigenvalue weighted by Crippen LogP contribution is -2.20. The summed E-state index contributed by atoms with van der Waals surface area (Å²) in [5.41, 5.74) is 2.73. The summed E-state index contributed by atoms with van der Waals surface area (Å²) in [7, 11) is 1.39. The van der Waals surface area contributed by atoms with Crippen molar-refractivity contribution in [1.82, 2.24) is 10.4 Å². The van der Waals surface area contributed by atoms with E-state index in [1.165, 1.54) is 31.5 Å². The minimum absolute atomic E-state index is 0.107. The van der Waals surface area contributed by atoms with Gasteiger partial charge in [-0.15, -0.1) is 11.3 Å². The van der Waals surface area contributed by atoms with Crippen LogP contribution in [0.5, 0.6) is 11.5 Å². The van der Waals surface area contributed by atoms with Gasteiger partial charge in [-0.25, -0.2) is 15.2 Å². The Hall–Kier alpha value is -3.65. The number of anilines is 2. The number of benzene rings is 2. The van der Waals surface area contributed by atoms with Crippen LogP contribution in [0.15, 0.2) is 51.4 Å². The number of carboxylic acid groups (broad SMARTS) is 1. The number of carboxylic acids is 1. The number of aromatic nitrogens is 1. The number of hydrogen-bond donors (Lipinski definition) is 3. The Bertz CT molecular complexity index is 1280. The van der Waals surface area contributed by atoms with Gasteiger partial charge in [0.1, 0.15) is 0 Å². The van der Waals surface area contributed by atoms with E-state index in [-0.39, 0.29) is 23.6 Å². The molecule has 0 aliphatic carbocycles. The number of methoxy groups -OCH3 is 1. The lowest BCUT2D eigenvalue weighted by atomic mass is 10.2. The molecule has 0 radical (unpaired) electrons. The Balaban J connectivity index is 1.58. The van der Waals surface area contributed by atoms with E-state index in [0.29, 0.717) is 20.9 Å². The van der Waals surface area contributed by atoms with Gasteiger partial charge in [-0.2, -0.15) is 18.3 Å². The first-order valence-electron chi connectivity index (χ1n) is 9.98. The molecule has 0 aliphatic rings. The highest BCUT2D eigenvalue weighted by atomic mass is 79.9. The van der Waals surface area contributed by atoms with Crippen LogP contribution in [0.1, 0.15) is 16.8 Å². The first-order chi connectivity index (χ1) is 17.0. The Morgan fingerprint density at radius 3 is 2.72 bits per heavy atom. The van der Waals surface area contributed by atoms with Crippen LogP contribution in [0, 0.1) is 0 Å². The standard InChI is InChI=1S/C22H18BrF3N4O5S/c1-34-17-5-12(16(23)8-18(17)35-10-20(32)33)9-27-30-19(31)7-15-11-36-21(29-15)28-14-4-2-3-13(6-14)22(24,25)26/h2-6,8-9,11H,7,10H2,1H3,(H,28,29)(H,30,31)(H,32,33)/b27-9-. The van der Waals surface area contributed by atoms with E-state index in [4.69, 9.17) is 14.6 Å².